The molecule has 2 atom stereocenters. The molecule has 0 bridgehead atoms. The Morgan fingerprint density at radius 1 is 1.29 bits per heavy atom. The molecule has 2 unspecified atom stereocenters. The molecule has 1 fully saturated rings. The lowest BCUT2D eigenvalue weighted by Gasteiger charge is -2.29. The molecule has 1 aromatic carbocycles. The number of aromatic nitrogens is 4. The number of halogens is 1. The second-order valence-corrected chi connectivity index (χ2v) is 6.39. The Morgan fingerprint density at radius 2 is 2.17 bits per heavy atom. The molecule has 2 aromatic heterocycles. The van der Waals surface area contributed by atoms with E-state index in [4.69, 9.17) is 0 Å². The minimum absolute atomic E-state index is 0.125. The third-order valence-corrected chi connectivity index (χ3v) is 4.83. The van der Waals surface area contributed by atoms with Crippen LogP contribution in [0, 0.1) is 11.7 Å². The quantitative estimate of drug-likeness (QED) is 0.740. The minimum atomic E-state index is -0.193. The minimum Gasteiger partial charge on any atom is -0.349 e. The summed E-state index contributed by atoms with van der Waals surface area (Å²) in [7, 11) is 0. The van der Waals surface area contributed by atoms with Gasteiger partial charge in [0.1, 0.15) is 18.0 Å². The molecule has 5 nitrogen and oxygen atoms in total. The summed E-state index contributed by atoms with van der Waals surface area (Å²) >= 11 is 0. The van der Waals surface area contributed by atoms with Crippen LogP contribution in [0.25, 0.3) is 5.78 Å². The Balaban J connectivity index is 1.84. The first-order valence-electron chi connectivity index (χ1n) is 8.39. The number of aryl methyl sites for hydroxylation is 1. The molecule has 1 aliphatic rings. The van der Waals surface area contributed by atoms with Crippen LogP contribution in [0.5, 0.6) is 0 Å². The van der Waals surface area contributed by atoms with Gasteiger partial charge in [0, 0.05) is 18.3 Å². The largest absolute Gasteiger partial charge is 0.349 e. The maximum absolute atomic E-state index is 13.7. The molecule has 4 rings (SSSR count). The van der Waals surface area contributed by atoms with E-state index in [0.717, 1.165) is 36.5 Å². The molecule has 1 aliphatic heterocycles. The summed E-state index contributed by atoms with van der Waals surface area (Å²) in [6, 6.07) is 9.11. The molecule has 124 valence electrons. The lowest BCUT2D eigenvalue weighted by molar-refractivity contribution is 0.524. The molecular weight excluding hydrogens is 305 g/mol. The van der Waals surface area contributed by atoms with Crippen molar-refractivity contribution < 1.29 is 4.39 Å². The van der Waals surface area contributed by atoms with Crippen molar-refractivity contribution in [1.29, 1.82) is 0 Å². The summed E-state index contributed by atoms with van der Waals surface area (Å²) in [6.07, 6.45) is 3.42. The summed E-state index contributed by atoms with van der Waals surface area (Å²) in [4.78, 5) is 11.1. The summed E-state index contributed by atoms with van der Waals surface area (Å²) in [5.74, 6) is 1.83. The Bertz CT molecular complexity index is 875. The van der Waals surface area contributed by atoms with Crippen LogP contribution in [0.2, 0.25) is 0 Å². The Labute approximate surface area is 140 Å². The van der Waals surface area contributed by atoms with Gasteiger partial charge in [-0.25, -0.2) is 9.37 Å². The van der Waals surface area contributed by atoms with Crippen molar-refractivity contribution in [1.82, 2.24) is 19.6 Å². The molecular formula is C18H20FN5. The Hall–Kier alpha value is -2.50. The van der Waals surface area contributed by atoms with E-state index < -0.39 is 0 Å². The summed E-state index contributed by atoms with van der Waals surface area (Å²) in [5, 5.41) is 4.34. The highest BCUT2D eigenvalue weighted by Gasteiger charge is 2.34. The van der Waals surface area contributed by atoms with Gasteiger partial charge in [-0.3, -0.25) is 0 Å². The molecule has 0 radical (unpaired) electrons. The van der Waals surface area contributed by atoms with Gasteiger partial charge in [-0.05, 0) is 36.5 Å². The van der Waals surface area contributed by atoms with Crippen molar-refractivity contribution >= 4 is 11.6 Å². The van der Waals surface area contributed by atoms with Gasteiger partial charge in [0.15, 0.2) is 0 Å². The topological polar surface area (TPSA) is 46.3 Å². The van der Waals surface area contributed by atoms with Gasteiger partial charge in [0.2, 0.25) is 0 Å². The number of hydrogen-bond donors (Lipinski definition) is 0. The summed E-state index contributed by atoms with van der Waals surface area (Å²) in [6.45, 7) is 5.20. The first kappa shape index (κ1) is 15.1. The van der Waals surface area contributed by atoms with Gasteiger partial charge >= 0.3 is 0 Å². The lowest BCUT2D eigenvalue weighted by Crippen LogP contribution is -2.27. The summed E-state index contributed by atoms with van der Waals surface area (Å²) < 4.78 is 15.5. The Morgan fingerprint density at radius 3 is 2.96 bits per heavy atom. The zero-order chi connectivity index (χ0) is 16.7. The number of fused-ring (bicyclic) bond motifs is 1. The molecule has 0 amide bonds. The highest BCUT2D eigenvalue weighted by molar-refractivity contribution is 5.51. The van der Waals surface area contributed by atoms with Crippen LogP contribution >= 0.6 is 0 Å². The number of anilines is 1. The normalized spacial score (nSPS) is 20.9. The smallest absolute Gasteiger partial charge is 0.254 e. The van der Waals surface area contributed by atoms with Gasteiger partial charge in [0.25, 0.3) is 5.78 Å². The molecule has 3 heterocycles. The molecule has 0 aliphatic carbocycles. The first-order chi connectivity index (χ1) is 11.7. The molecule has 6 heteroatoms. The number of rotatable bonds is 3. The zero-order valence-electron chi connectivity index (χ0n) is 13.9. The fourth-order valence-electron chi connectivity index (χ4n) is 3.63. The predicted molar refractivity (Wildman–Crippen MR) is 90.4 cm³/mol. The molecule has 1 saturated heterocycles. The van der Waals surface area contributed by atoms with E-state index in [1.54, 1.807) is 16.6 Å². The van der Waals surface area contributed by atoms with E-state index in [0.29, 0.717) is 11.7 Å². The van der Waals surface area contributed by atoms with Crippen LogP contribution in [0.15, 0.2) is 36.7 Å². The standard InChI is InChI=1S/C18H20FN5/c1-3-15-10-16(24-18(22-15)20-11-21-24)23-8-7-12(2)17(23)13-5-4-6-14(19)9-13/h4-6,9-12,17H,3,7-8H2,1-2H3. The number of benzene rings is 1. The predicted octanol–water partition coefficient (Wildman–Crippen LogP) is 3.41. The van der Waals surface area contributed by atoms with Gasteiger partial charge in [-0.15, -0.1) is 0 Å². The van der Waals surface area contributed by atoms with Gasteiger partial charge in [-0.1, -0.05) is 26.0 Å². The van der Waals surface area contributed by atoms with Crippen LogP contribution in [0.1, 0.15) is 37.6 Å². The monoisotopic (exact) mass is 325 g/mol. The van der Waals surface area contributed by atoms with Crippen molar-refractivity contribution in [3.05, 3.63) is 53.7 Å². The number of hydrogen-bond acceptors (Lipinski definition) is 4. The van der Waals surface area contributed by atoms with Crippen LogP contribution < -0.4 is 4.90 Å². The van der Waals surface area contributed by atoms with Crippen LogP contribution in [0.4, 0.5) is 10.2 Å². The van der Waals surface area contributed by atoms with E-state index in [9.17, 15) is 4.39 Å². The maximum Gasteiger partial charge on any atom is 0.254 e. The van der Waals surface area contributed by atoms with Crippen molar-refractivity contribution in [3.8, 4) is 0 Å². The van der Waals surface area contributed by atoms with E-state index in [2.05, 4.69) is 39.9 Å². The van der Waals surface area contributed by atoms with Gasteiger partial charge in [-0.2, -0.15) is 14.6 Å². The van der Waals surface area contributed by atoms with E-state index in [1.807, 2.05) is 6.07 Å². The fraction of sp³-hybridized carbons (Fsp3) is 0.389. The average Bonchev–Trinajstić information content (AvgIpc) is 3.20. The highest BCUT2D eigenvalue weighted by atomic mass is 19.1. The van der Waals surface area contributed by atoms with Crippen molar-refractivity contribution in [2.24, 2.45) is 5.92 Å². The molecule has 3 aromatic rings. The van der Waals surface area contributed by atoms with E-state index in [1.165, 1.54) is 12.4 Å². The van der Waals surface area contributed by atoms with E-state index in [-0.39, 0.29) is 11.9 Å². The Kier molecular flexibility index (Phi) is 3.67. The van der Waals surface area contributed by atoms with E-state index >= 15 is 0 Å². The molecule has 0 N–H and O–H groups in total. The van der Waals surface area contributed by atoms with Crippen molar-refractivity contribution in [3.63, 3.8) is 0 Å². The lowest BCUT2D eigenvalue weighted by atomic mass is 9.95. The second-order valence-electron chi connectivity index (χ2n) is 6.39. The van der Waals surface area contributed by atoms with Gasteiger partial charge in [0.05, 0.1) is 6.04 Å². The first-order valence-corrected chi connectivity index (χ1v) is 8.39. The van der Waals surface area contributed by atoms with Gasteiger partial charge < -0.3 is 4.90 Å². The van der Waals surface area contributed by atoms with Crippen LogP contribution in [-0.4, -0.2) is 26.1 Å². The third kappa shape index (κ3) is 2.42. The fourth-order valence-corrected chi connectivity index (χ4v) is 3.63. The second kappa shape index (κ2) is 5.85. The zero-order valence-corrected chi connectivity index (χ0v) is 13.9. The maximum atomic E-state index is 13.7. The van der Waals surface area contributed by atoms with Crippen LogP contribution in [-0.2, 0) is 6.42 Å². The summed E-state index contributed by atoms with van der Waals surface area (Å²) in [5.41, 5.74) is 1.99. The molecule has 0 spiro atoms. The SMILES string of the molecule is CCc1cc(N2CCC(C)C2c2cccc(F)c2)n2ncnc2n1. The van der Waals surface area contributed by atoms with Crippen molar-refractivity contribution in [2.45, 2.75) is 32.7 Å². The van der Waals surface area contributed by atoms with Crippen LogP contribution in [0.3, 0.4) is 0 Å². The molecule has 24 heavy (non-hydrogen) atoms. The third-order valence-electron chi connectivity index (χ3n) is 4.83. The molecule has 0 saturated carbocycles. The highest BCUT2D eigenvalue weighted by Crippen LogP contribution is 2.40. The van der Waals surface area contributed by atoms with Crippen molar-refractivity contribution in [2.75, 3.05) is 11.4 Å². The number of nitrogens with zero attached hydrogens (tertiary/aromatic N) is 5. The average molecular weight is 325 g/mol.